The summed E-state index contributed by atoms with van der Waals surface area (Å²) >= 11 is 0. The van der Waals surface area contributed by atoms with Crippen molar-refractivity contribution in [3.63, 3.8) is 0 Å². The molecular weight excluding hydrogens is 162 g/mol. The van der Waals surface area contributed by atoms with Crippen LogP contribution in [-0.2, 0) is 0 Å². The number of aliphatic hydroxyl groups is 1. The van der Waals surface area contributed by atoms with Crippen molar-refractivity contribution in [1.82, 2.24) is 4.90 Å². The maximum absolute atomic E-state index is 8.98. The predicted molar refractivity (Wildman–Crippen MR) is 53.6 cm³/mol. The van der Waals surface area contributed by atoms with Crippen LogP contribution in [-0.4, -0.2) is 36.2 Å². The molecule has 0 aromatic heterocycles. The first-order chi connectivity index (χ1) is 6.38. The van der Waals surface area contributed by atoms with Crippen LogP contribution in [0.15, 0.2) is 11.6 Å². The molecule has 74 valence electrons. The minimum atomic E-state index is 0.368. The van der Waals surface area contributed by atoms with Gasteiger partial charge in [-0.25, -0.2) is 0 Å². The summed E-state index contributed by atoms with van der Waals surface area (Å²) in [6.45, 7) is 3.76. The van der Waals surface area contributed by atoms with Crippen molar-refractivity contribution >= 4 is 0 Å². The Morgan fingerprint density at radius 1 is 1.46 bits per heavy atom. The zero-order valence-electron chi connectivity index (χ0n) is 8.21. The third-order valence-electron chi connectivity index (χ3n) is 3.26. The molecule has 13 heavy (non-hydrogen) atoms. The minimum absolute atomic E-state index is 0.368. The second kappa shape index (κ2) is 4.25. The smallest absolute Gasteiger partial charge is 0.0471 e. The molecule has 0 spiro atoms. The Kier molecular flexibility index (Phi) is 3.01. The summed E-state index contributed by atoms with van der Waals surface area (Å²) in [6.07, 6.45) is 7.63. The fourth-order valence-corrected chi connectivity index (χ4v) is 2.07. The lowest BCUT2D eigenvalue weighted by molar-refractivity contribution is 0.225. The summed E-state index contributed by atoms with van der Waals surface area (Å²) < 4.78 is 0. The van der Waals surface area contributed by atoms with Crippen LogP contribution in [0.4, 0.5) is 0 Å². The lowest BCUT2D eigenvalue weighted by Gasteiger charge is -2.19. The molecule has 2 aliphatic rings. The van der Waals surface area contributed by atoms with E-state index in [4.69, 9.17) is 5.11 Å². The third kappa shape index (κ3) is 2.32. The van der Waals surface area contributed by atoms with E-state index in [1.165, 1.54) is 32.2 Å². The van der Waals surface area contributed by atoms with Gasteiger partial charge in [-0.2, -0.15) is 0 Å². The Morgan fingerprint density at radius 3 is 2.85 bits per heavy atom. The van der Waals surface area contributed by atoms with E-state index in [0.717, 1.165) is 13.1 Å². The molecule has 1 saturated carbocycles. The molecule has 2 rings (SSSR count). The molecule has 2 heteroatoms. The Balaban J connectivity index is 1.71. The molecule has 2 nitrogen and oxygen atoms in total. The van der Waals surface area contributed by atoms with E-state index in [2.05, 4.69) is 11.0 Å². The topological polar surface area (TPSA) is 23.5 Å². The van der Waals surface area contributed by atoms with E-state index in [-0.39, 0.29) is 0 Å². The molecule has 0 aromatic carbocycles. The van der Waals surface area contributed by atoms with Gasteiger partial charge in [0.15, 0.2) is 0 Å². The minimum Gasteiger partial charge on any atom is -0.396 e. The van der Waals surface area contributed by atoms with E-state index >= 15 is 0 Å². The normalized spacial score (nSPS) is 29.0. The van der Waals surface area contributed by atoms with E-state index in [1.54, 1.807) is 5.57 Å². The zero-order chi connectivity index (χ0) is 9.10. The molecule has 0 amide bonds. The average molecular weight is 181 g/mol. The van der Waals surface area contributed by atoms with Crippen molar-refractivity contribution in [3.8, 4) is 0 Å². The summed E-state index contributed by atoms with van der Waals surface area (Å²) in [5.41, 5.74) is 1.65. The first-order valence-corrected chi connectivity index (χ1v) is 5.39. The van der Waals surface area contributed by atoms with Gasteiger partial charge in [-0.1, -0.05) is 11.6 Å². The highest BCUT2D eigenvalue weighted by atomic mass is 16.3. The fraction of sp³-hybridized carbons (Fsp3) is 0.818. The highest BCUT2D eigenvalue weighted by Crippen LogP contribution is 2.25. The molecular formula is C11H19NO. The van der Waals surface area contributed by atoms with E-state index in [0.29, 0.717) is 12.5 Å². The van der Waals surface area contributed by atoms with E-state index in [1.807, 2.05) is 0 Å². The third-order valence-corrected chi connectivity index (χ3v) is 3.26. The molecule has 0 bridgehead atoms. The summed E-state index contributed by atoms with van der Waals surface area (Å²) in [5, 5.41) is 8.98. The quantitative estimate of drug-likeness (QED) is 0.665. The molecule has 1 N–H and O–H groups in total. The van der Waals surface area contributed by atoms with Crippen LogP contribution in [0, 0.1) is 5.92 Å². The van der Waals surface area contributed by atoms with E-state index in [9.17, 15) is 0 Å². The molecule has 1 saturated heterocycles. The van der Waals surface area contributed by atoms with Crippen molar-refractivity contribution < 1.29 is 5.11 Å². The molecule has 0 unspecified atom stereocenters. The van der Waals surface area contributed by atoms with Gasteiger partial charge in [0.05, 0.1) is 0 Å². The Morgan fingerprint density at radius 2 is 2.31 bits per heavy atom. The van der Waals surface area contributed by atoms with Gasteiger partial charge in [0.2, 0.25) is 0 Å². The number of hydrogen-bond donors (Lipinski definition) is 1. The Bertz CT molecular complexity index is 194. The number of allylic oxidation sites excluding steroid dienone is 1. The van der Waals surface area contributed by atoms with Gasteiger partial charge in [-0.3, -0.25) is 4.90 Å². The maximum atomic E-state index is 8.98. The van der Waals surface area contributed by atoms with Crippen LogP contribution in [0.3, 0.4) is 0 Å². The van der Waals surface area contributed by atoms with Gasteiger partial charge in [0.25, 0.3) is 0 Å². The van der Waals surface area contributed by atoms with Gasteiger partial charge >= 0.3 is 0 Å². The van der Waals surface area contributed by atoms with Crippen molar-refractivity contribution in [3.05, 3.63) is 11.6 Å². The molecule has 1 atom stereocenters. The number of nitrogens with zero attached hydrogens (tertiary/aromatic N) is 1. The molecule has 1 aliphatic carbocycles. The largest absolute Gasteiger partial charge is 0.396 e. The fourth-order valence-electron chi connectivity index (χ4n) is 2.07. The van der Waals surface area contributed by atoms with Gasteiger partial charge in [-0.15, -0.1) is 0 Å². The van der Waals surface area contributed by atoms with Crippen LogP contribution in [0.1, 0.15) is 25.7 Å². The molecule has 1 aliphatic heterocycles. The number of hydrogen-bond acceptors (Lipinski definition) is 2. The monoisotopic (exact) mass is 181 g/mol. The summed E-state index contributed by atoms with van der Waals surface area (Å²) in [7, 11) is 0. The number of aliphatic hydroxyl groups excluding tert-OH is 1. The standard InChI is InChI=1S/C11H19NO/c13-9-11-5-7-12(8-11)6-4-10-2-1-3-10/h4,11,13H,1-3,5-9H2/t11-/m1/s1. The van der Waals surface area contributed by atoms with Crippen molar-refractivity contribution in [2.24, 2.45) is 5.92 Å². The van der Waals surface area contributed by atoms with Crippen molar-refractivity contribution in [2.45, 2.75) is 25.7 Å². The molecule has 2 fully saturated rings. The Hall–Kier alpha value is -0.340. The van der Waals surface area contributed by atoms with Crippen LogP contribution >= 0.6 is 0 Å². The maximum Gasteiger partial charge on any atom is 0.0471 e. The van der Waals surface area contributed by atoms with Gasteiger partial charge in [-0.05, 0) is 38.1 Å². The van der Waals surface area contributed by atoms with Gasteiger partial charge < -0.3 is 5.11 Å². The zero-order valence-corrected chi connectivity index (χ0v) is 8.21. The second-order valence-corrected chi connectivity index (χ2v) is 4.31. The Labute approximate surface area is 80.2 Å². The van der Waals surface area contributed by atoms with Gasteiger partial charge in [0, 0.05) is 19.7 Å². The molecule has 0 radical (unpaired) electrons. The van der Waals surface area contributed by atoms with Crippen LogP contribution in [0.25, 0.3) is 0 Å². The average Bonchev–Trinajstić information content (AvgIpc) is 2.49. The van der Waals surface area contributed by atoms with Crippen molar-refractivity contribution in [1.29, 1.82) is 0 Å². The summed E-state index contributed by atoms with van der Waals surface area (Å²) in [6, 6.07) is 0. The van der Waals surface area contributed by atoms with Gasteiger partial charge in [0.1, 0.15) is 0 Å². The number of likely N-dealkylation sites (tertiary alicyclic amines) is 1. The van der Waals surface area contributed by atoms with Crippen LogP contribution in [0.2, 0.25) is 0 Å². The lowest BCUT2D eigenvalue weighted by Crippen LogP contribution is -2.22. The summed E-state index contributed by atoms with van der Waals surface area (Å²) in [4.78, 5) is 2.45. The van der Waals surface area contributed by atoms with Crippen LogP contribution < -0.4 is 0 Å². The lowest BCUT2D eigenvalue weighted by atomic mass is 9.92. The van der Waals surface area contributed by atoms with Crippen molar-refractivity contribution in [2.75, 3.05) is 26.2 Å². The predicted octanol–water partition coefficient (Wildman–Crippen LogP) is 1.41. The SMILES string of the molecule is OC[C@@H]1CCN(CC=C2CCC2)C1. The van der Waals surface area contributed by atoms with E-state index < -0.39 is 0 Å². The second-order valence-electron chi connectivity index (χ2n) is 4.31. The first kappa shape index (κ1) is 9.22. The summed E-state index contributed by atoms with van der Waals surface area (Å²) in [5.74, 6) is 0.541. The highest BCUT2D eigenvalue weighted by Gasteiger charge is 2.20. The highest BCUT2D eigenvalue weighted by molar-refractivity contribution is 5.10. The number of rotatable bonds is 3. The first-order valence-electron chi connectivity index (χ1n) is 5.39. The molecule has 1 heterocycles. The van der Waals surface area contributed by atoms with Crippen LogP contribution in [0.5, 0.6) is 0 Å². The molecule has 0 aromatic rings.